The fraction of sp³-hybridized carbons (Fsp3) is 0.357. The largest absolute Gasteiger partial charge is 0.480 e. The Morgan fingerprint density at radius 2 is 2.23 bits per heavy atom. The van der Waals surface area contributed by atoms with Gasteiger partial charge in [-0.25, -0.2) is 0 Å². The predicted octanol–water partition coefficient (Wildman–Crippen LogP) is 2.13. The maximum absolute atomic E-state index is 12.3. The van der Waals surface area contributed by atoms with Crippen LogP contribution in [0.25, 0.3) is 0 Å². The molecule has 1 saturated heterocycles. The molecule has 0 spiro atoms. The summed E-state index contributed by atoms with van der Waals surface area (Å²) in [6.07, 6.45) is 3.64. The van der Waals surface area contributed by atoms with E-state index in [4.69, 9.17) is 13.9 Å². The van der Waals surface area contributed by atoms with Gasteiger partial charge in [0.05, 0.1) is 26.0 Å². The molecule has 1 unspecified atom stereocenters. The molecule has 2 aromatic rings. The van der Waals surface area contributed by atoms with E-state index in [1.165, 1.54) is 19.5 Å². The van der Waals surface area contributed by atoms with Gasteiger partial charge >= 0.3 is 0 Å². The number of aromatic nitrogens is 2. The van der Waals surface area contributed by atoms with Crippen molar-refractivity contribution in [2.75, 3.05) is 20.2 Å². The van der Waals surface area contributed by atoms with Crippen molar-refractivity contribution in [3.05, 3.63) is 35.0 Å². The van der Waals surface area contributed by atoms with Crippen LogP contribution in [0.4, 0.5) is 0 Å². The zero-order valence-corrected chi connectivity index (χ0v) is 13.4. The first-order valence-electron chi connectivity index (χ1n) is 6.73. The van der Waals surface area contributed by atoms with Gasteiger partial charge in [-0.2, -0.15) is 4.98 Å². The molecule has 3 rings (SSSR count). The van der Waals surface area contributed by atoms with Gasteiger partial charge in [0.15, 0.2) is 10.4 Å². The molecule has 0 aromatic carbocycles. The van der Waals surface area contributed by atoms with Crippen LogP contribution in [-0.4, -0.2) is 47.1 Å². The number of methoxy groups -OCH3 is 1. The number of furan rings is 1. The zero-order chi connectivity index (χ0) is 15.5. The van der Waals surface area contributed by atoms with E-state index in [-0.39, 0.29) is 12.0 Å². The van der Waals surface area contributed by atoms with Gasteiger partial charge in [-0.05, 0) is 28.1 Å². The van der Waals surface area contributed by atoms with Crippen LogP contribution in [0.3, 0.4) is 0 Å². The van der Waals surface area contributed by atoms with E-state index in [9.17, 15) is 4.79 Å². The van der Waals surface area contributed by atoms with Crippen LogP contribution in [0.5, 0.6) is 11.8 Å². The van der Waals surface area contributed by atoms with Crippen molar-refractivity contribution in [2.45, 2.75) is 12.5 Å². The maximum Gasteiger partial charge on any atom is 0.289 e. The van der Waals surface area contributed by atoms with Crippen molar-refractivity contribution in [1.29, 1.82) is 0 Å². The Morgan fingerprint density at radius 3 is 2.95 bits per heavy atom. The molecule has 22 heavy (non-hydrogen) atoms. The van der Waals surface area contributed by atoms with Gasteiger partial charge in [0.1, 0.15) is 6.10 Å². The summed E-state index contributed by atoms with van der Waals surface area (Å²) in [5, 5.41) is 0. The number of hydrogen-bond donors (Lipinski definition) is 0. The van der Waals surface area contributed by atoms with Crippen LogP contribution in [-0.2, 0) is 0 Å². The minimum absolute atomic E-state index is 0.122. The molecular weight excluding hydrogens is 354 g/mol. The Kier molecular flexibility index (Phi) is 4.28. The van der Waals surface area contributed by atoms with Gasteiger partial charge in [-0.1, -0.05) is 0 Å². The average Bonchev–Trinajstić information content (AvgIpc) is 3.16. The smallest absolute Gasteiger partial charge is 0.289 e. The summed E-state index contributed by atoms with van der Waals surface area (Å²) in [4.78, 5) is 22.1. The van der Waals surface area contributed by atoms with E-state index in [1.54, 1.807) is 17.0 Å². The Bertz CT molecular complexity index is 676. The van der Waals surface area contributed by atoms with Crippen LogP contribution in [0, 0.1) is 0 Å². The second-order valence-electron chi connectivity index (χ2n) is 4.78. The van der Waals surface area contributed by atoms with Crippen molar-refractivity contribution in [1.82, 2.24) is 14.9 Å². The summed E-state index contributed by atoms with van der Waals surface area (Å²) in [5.41, 5.74) is 0. The van der Waals surface area contributed by atoms with Gasteiger partial charge in [0, 0.05) is 13.0 Å². The molecule has 3 heterocycles. The number of hydrogen-bond acceptors (Lipinski definition) is 6. The molecule has 0 saturated carbocycles. The van der Waals surface area contributed by atoms with Gasteiger partial charge in [-0.3, -0.25) is 9.78 Å². The van der Waals surface area contributed by atoms with Crippen molar-refractivity contribution in [2.24, 2.45) is 0 Å². The molecule has 7 nitrogen and oxygen atoms in total. The highest BCUT2D eigenvalue weighted by molar-refractivity contribution is 9.10. The van der Waals surface area contributed by atoms with E-state index in [1.807, 2.05) is 0 Å². The lowest BCUT2D eigenvalue weighted by Gasteiger charge is -2.15. The van der Waals surface area contributed by atoms with E-state index in [0.29, 0.717) is 35.3 Å². The molecule has 116 valence electrons. The van der Waals surface area contributed by atoms with Crippen LogP contribution < -0.4 is 9.47 Å². The lowest BCUT2D eigenvalue weighted by atomic mass is 10.3. The molecule has 8 heteroatoms. The van der Waals surface area contributed by atoms with E-state index in [2.05, 4.69) is 25.9 Å². The van der Waals surface area contributed by atoms with E-state index < -0.39 is 0 Å². The standard InChI is InChI=1S/C14H14BrN3O4/c1-20-12-6-16-7-13(17-12)21-9-4-5-18(8-9)14(19)10-2-3-11(15)22-10/h2-3,6-7,9H,4-5,8H2,1H3. The second kappa shape index (κ2) is 6.35. The molecule has 1 amide bonds. The topological polar surface area (TPSA) is 77.7 Å². The first-order valence-corrected chi connectivity index (χ1v) is 7.52. The molecule has 0 bridgehead atoms. The number of carbonyl (C=O) groups excluding carboxylic acids is 1. The molecule has 0 aliphatic carbocycles. The van der Waals surface area contributed by atoms with Crippen molar-refractivity contribution in [3.63, 3.8) is 0 Å². The third-order valence-electron chi connectivity index (χ3n) is 3.30. The highest BCUT2D eigenvalue weighted by Gasteiger charge is 2.30. The summed E-state index contributed by atoms with van der Waals surface area (Å²) in [7, 11) is 1.52. The summed E-state index contributed by atoms with van der Waals surface area (Å²) in [6, 6.07) is 3.34. The summed E-state index contributed by atoms with van der Waals surface area (Å²) < 4.78 is 16.6. The number of nitrogens with zero attached hydrogens (tertiary/aromatic N) is 3. The quantitative estimate of drug-likeness (QED) is 0.823. The number of amides is 1. The van der Waals surface area contributed by atoms with Gasteiger partial charge in [-0.15, -0.1) is 0 Å². The van der Waals surface area contributed by atoms with Crippen LogP contribution in [0.15, 0.2) is 33.6 Å². The lowest BCUT2D eigenvalue weighted by molar-refractivity contribution is 0.0738. The second-order valence-corrected chi connectivity index (χ2v) is 5.56. The summed E-state index contributed by atoms with van der Waals surface area (Å²) >= 11 is 3.19. The molecule has 2 aromatic heterocycles. The first kappa shape index (κ1) is 14.8. The highest BCUT2D eigenvalue weighted by atomic mass is 79.9. The SMILES string of the molecule is COc1cncc(OC2CCN(C(=O)c3ccc(Br)o3)C2)n1. The Morgan fingerprint density at radius 1 is 1.41 bits per heavy atom. The minimum Gasteiger partial charge on any atom is -0.480 e. The molecule has 0 radical (unpaired) electrons. The predicted molar refractivity (Wildman–Crippen MR) is 79.9 cm³/mol. The van der Waals surface area contributed by atoms with Crippen molar-refractivity contribution < 1.29 is 18.7 Å². The molecule has 1 aliphatic rings. The molecule has 1 aliphatic heterocycles. The Hall–Kier alpha value is -2.09. The summed E-state index contributed by atoms with van der Waals surface area (Å²) in [6.45, 7) is 1.09. The van der Waals surface area contributed by atoms with Crippen LogP contribution >= 0.6 is 15.9 Å². The number of rotatable bonds is 4. The third kappa shape index (κ3) is 3.22. The molecule has 0 N–H and O–H groups in total. The van der Waals surface area contributed by atoms with Crippen LogP contribution in [0.1, 0.15) is 17.0 Å². The minimum atomic E-state index is -0.145. The highest BCUT2D eigenvalue weighted by Crippen LogP contribution is 2.21. The molecule has 1 fully saturated rings. The average molecular weight is 368 g/mol. The van der Waals surface area contributed by atoms with Crippen molar-refractivity contribution in [3.8, 4) is 11.8 Å². The summed E-state index contributed by atoms with van der Waals surface area (Å²) in [5.74, 6) is 0.950. The number of halogens is 1. The monoisotopic (exact) mass is 367 g/mol. The Balaban J connectivity index is 1.61. The Labute approximate surface area is 135 Å². The third-order valence-corrected chi connectivity index (χ3v) is 3.73. The number of ether oxygens (including phenoxy) is 2. The van der Waals surface area contributed by atoms with E-state index >= 15 is 0 Å². The number of carbonyl (C=O) groups is 1. The fourth-order valence-corrected chi connectivity index (χ4v) is 2.56. The van der Waals surface area contributed by atoms with Gasteiger partial charge in [0.25, 0.3) is 5.91 Å². The molecule has 1 atom stereocenters. The maximum atomic E-state index is 12.3. The van der Waals surface area contributed by atoms with Crippen molar-refractivity contribution >= 4 is 21.8 Å². The normalized spacial score (nSPS) is 17.5. The number of likely N-dealkylation sites (tertiary alicyclic amines) is 1. The van der Waals surface area contributed by atoms with Gasteiger partial charge in [0.2, 0.25) is 11.8 Å². The van der Waals surface area contributed by atoms with Gasteiger partial charge < -0.3 is 18.8 Å². The molecular formula is C14H14BrN3O4. The fourth-order valence-electron chi connectivity index (χ4n) is 2.25. The zero-order valence-electron chi connectivity index (χ0n) is 11.9. The van der Waals surface area contributed by atoms with Crippen LogP contribution in [0.2, 0.25) is 0 Å². The lowest BCUT2D eigenvalue weighted by Crippen LogP contribution is -2.30. The first-order chi connectivity index (χ1) is 10.7. The van der Waals surface area contributed by atoms with E-state index in [0.717, 1.165) is 6.42 Å².